The van der Waals surface area contributed by atoms with Gasteiger partial charge in [-0.2, -0.15) is 0 Å². The molecule has 124 valence electrons. The van der Waals surface area contributed by atoms with Crippen molar-refractivity contribution < 1.29 is 20.1 Å². The van der Waals surface area contributed by atoms with E-state index in [1.54, 1.807) is 0 Å². The number of H-pyrrole nitrogens is 1. The van der Waals surface area contributed by atoms with Gasteiger partial charge in [-0.25, -0.2) is 9.97 Å². The van der Waals surface area contributed by atoms with Gasteiger partial charge in [0.05, 0.1) is 12.9 Å². The number of fused-ring (bicyclic) bond motifs is 1. The Morgan fingerprint density at radius 3 is 2.91 bits per heavy atom. The van der Waals surface area contributed by atoms with Crippen molar-refractivity contribution in [2.24, 2.45) is 0 Å². The second kappa shape index (κ2) is 6.59. The molecule has 1 fully saturated rings. The number of nitrogens with zero attached hydrogens (tertiary/aromatic N) is 3. The predicted molar refractivity (Wildman–Crippen MR) is 82.0 cm³/mol. The number of hydrogen-bond acceptors (Lipinski definition) is 8. The highest BCUT2D eigenvalue weighted by molar-refractivity contribution is 8.02. The van der Waals surface area contributed by atoms with Crippen molar-refractivity contribution in [3.8, 4) is 0 Å². The third kappa shape index (κ3) is 2.89. The van der Waals surface area contributed by atoms with E-state index in [1.807, 2.05) is 0 Å². The van der Waals surface area contributed by atoms with E-state index >= 15 is 0 Å². The molecule has 0 spiro atoms. The molecule has 0 aliphatic carbocycles. The molecule has 2 aromatic heterocycles. The lowest BCUT2D eigenvalue weighted by Crippen LogP contribution is -2.33. The van der Waals surface area contributed by atoms with Crippen LogP contribution in [0.4, 0.5) is 0 Å². The number of ether oxygens (including phenoxy) is 1. The van der Waals surface area contributed by atoms with Crippen LogP contribution < -0.4 is 5.56 Å². The van der Waals surface area contributed by atoms with Gasteiger partial charge in [-0.3, -0.25) is 14.3 Å². The Bertz CT molecular complexity index is 793. The Kier molecular flexibility index (Phi) is 4.71. The zero-order valence-corrected chi connectivity index (χ0v) is 13.1. The average Bonchev–Trinajstić information content (AvgIpc) is 3.08. The minimum atomic E-state index is -1.29. The van der Waals surface area contributed by atoms with Crippen molar-refractivity contribution in [2.45, 2.75) is 29.7 Å². The van der Waals surface area contributed by atoms with Gasteiger partial charge in [0.2, 0.25) is 0 Å². The van der Waals surface area contributed by atoms with Crippen LogP contribution >= 0.6 is 23.4 Å². The van der Waals surface area contributed by atoms with Crippen molar-refractivity contribution in [1.29, 1.82) is 0 Å². The molecule has 1 aliphatic heterocycles. The smallest absolute Gasteiger partial charge is 0.279 e. The molecule has 4 N–H and O–H groups in total. The number of aliphatic hydroxyl groups excluding tert-OH is 3. The topological polar surface area (TPSA) is 133 Å². The van der Waals surface area contributed by atoms with Gasteiger partial charge in [-0.15, -0.1) is 0 Å². The van der Waals surface area contributed by atoms with Gasteiger partial charge < -0.3 is 20.1 Å². The highest BCUT2D eigenvalue weighted by Crippen LogP contribution is 2.31. The quantitative estimate of drug-likeness (QED) is 0.425. The van der Waals surface area contributed by atoms with Crippen molar-refractivity contribution in [3.63, 3.8) is 0 Å². The Labute approximate surface area is 138 Å². The summed E-state index contributed by atoms with van der Waals surface area (Å²) in [5.74, 6) is 0. The Morgan fingerprint density at radius 2 is 2.26 bits per heavy atom. The maximum Gasteiger partial charge on any atom is 0.279 e. The van der Waals surface area contributed by atoms with Gasteiger partial charge in [0, 0.05) is 5.54 Å². The molecule has 0 aromatic carbocycles. The van der Waals surface area contributed by atoms with Gasteiger partial charge in [0.25, 0.3) is 5.56 Å². The predicted octanol–water partition coefficient (Wildman–Crippen LogP) is -0.467. The molecule has 4 atom stereocenters. The zero-order chi connectivity index (χ0) is 16.6. The fourth-order valence-electron chi connectivity index (χ4n) is 2.35. The highest BCUT2D eigenvalue weighted by Gasteiger charge is 2.44. The van der Waals surface area contributed by atoms with E-state index < -0.39 is 36.7 Å². The summed E-state index contributed by atoms with van der Waals surface area (Å²) in [6.45, 7) is -0.447. The molecule has 3 rings (SSSR count). The standard InChI is InChI=1S/C12H13ClN4O5S/c13-1-2-23-12-15-9-6(10(21)16-12)14-4-17(9)11-8(20)7(19)5(3-18)22-11/h1-2,4-5,7-8,11,18-20H,3H2,(H,15,16,21)/b2-1-. The SMILES string of the molecule is O=c1[nH]c(S/C=C\Cl)nc2c1ncn2C1OC(CO)C(O)C1O. The van der Waals surface area contributed by atoms with Crippen LogP contribution in [0.25, 0.3) is 11.2 Å². The lowest BCUT2D eigenvalue weighted by molar-refractivity contribution is -0.0511. The molecule has 0 amide bonds. The number of aromatic amines is 1. The molecule has 1 saturated heterocycles. The molecule has 3 heterocycles. The van der Waals surface area contributed by atoms with Crippen LogP contribution in [0.15, 0.2) is 27.2 Å². The molecule has 0 radical (unpaired) electrons. The zero-order valence-electron chi connectivity index (χ0n) is 11.5. The molecule has 23 heavy (non-hydrogen) atoms. The fourth-order valence-corrected chi connectivity index (χ4v) is 2.97. The van der Waals surface area contributed by atoms with E-state index in [0.29, 0.717) is 0 Å². The van der Waals surface area contributed by atoms with Crippen molar-refractivity contribution >= 4 is 34.5 Å². The number of hydrogen-bond donors (Lipinski definition) is 4. The molecule has 9 nitrogen and oxygen atoms in total. The molecule has 1 aliphatic rings. The van der Waals surface area contributed by atoms with Gasteiger partial charge in [-0.1, -0.05) is 23.4 Å². The number of nitrogens with one attached hydrogen (secondary N) is 1. The molecule has 2 aromatic rings. The first-order valence-corrected chi connectivity index (χ1v) is 7.89. The second-order valence-corrected chi connectivity index (χ2v) is 5.95. The highest BCUT2D eigenvalue weighted by atomic mass is 35.5. The Balaban J connectivity index is 2.05. The van der Waals surface area contributed by atoms with Crippen molar-refractivity contribution in [1.82, 2.24) is 19.5 Å². The Morgan fingerprint density at radius 1 is 1.48 bits per heavy atom. The summed E-state index contributed by atoms with van der Waals surface area (Å²) in [5.41, 5.74) is 1.08. The normalized spacial score (nSPS) is 28.2. The third-order valence-corrected chi connectivity index (χ3v) is 4.40. The summed E-state index contributed by atoms with van der Waals surface area (Å²) in [7, 11) is 0. The van der Waals surface area contributed by atoms with Crippen LogP contribution in [0.1, 0.15) is 6.23 Å². The van der Waals surface area contributed by atoms with E-state index in [-0.39, 0.29) is 16.3 Å². The lowest BCUT2D eigenvalue weighted by Gasteiger charge is -2.16. The minimum absolute atomic E-state index is 0.0712. The first kappa shape index (κ1) is 16.4. The lowest BCUT2D eigenvalue weighted by atomic mass is 10.1. The van der Waals surface area contributed by atoms with E-state index in [2.05, 4.69) is 15.0 Å². The van der Waals surface area contributed by atoms with Crippen molar-refractivity contribution in [3.05, 3.63) is 27.6 Å². The van der Waals surface area contributed by atoms with Crippen LogP contribution in [0.2, 0.25) is 0 Å². The van der Waals surface area contributed by atoms with Gasteiger partial charge in [-0.05, 0) is 5.41 Å². The van der Waals surface area contributed by atoms with Crippen LogP contribution in [0, 0.1) is 0 Å². The van der Waals surface area contributed by atoms with Gasteiger partial charge in [0.15, 0.2) is 22.5 Å². The maximum atomic E-state index is 12.0. The summed E-state index contributed by atoms with van der Waals surface area (Å²) in [5, 5.41) is 30.9. The van der Waals surface area contributed by atoms with E-state index in [4.69, 9.17) is 21.4 Å². The average molecular weight is 361 g/mol. The van der Waals surface area contributed by atoms with Gasteiger partial charge >= 0.3 is 0 Å². The largest absolute Gasteiger partial charge is 0.394 e. The fraction of sp³-hybridized carbons (Fsp3) is 0.417. The van der Waals surface area contributed by atoms with E-state index in [1.165, 1.54) is 21.8 Å². The first-order chi connectivity index (χ1) is 11.1. The molecular formula is C12H13ClN4O5S. The monoisotopic (exact) mass is 360 g/mol. The van der Waals surface area contributed by atoms with Gasteiger partial charge in [0.1, 0.15) is 18.3 Å². The maximum absolute atomic E-state index is 12.0. The van der Waals surface area contributed by atoms with E-state index in [0.717, 1.165) is 11.8 Å². The number of aliphatic hydroxyl groups is 3. The minimum Gasteiger partial charge on any atom is -0.394 e. The summed E-state index contributed by atoms with van der Waals surface area (Å²) < 4.78 is 6.78. The summed E-state index contributed by atoms with van der Waals surface area (Å²) in [4.78, 5) is 22.8. The number of aromatic nitrogens is 4. The summed E-state index contributed by atoms with van der Waals surface area (Å²) in [6.07, 6.45) is -3.19. The van der Waals surface area contributed by atoms with Crippen LogP contribution in [0.5, 0.6) is 0 Å². The molecule has 0 saturated carbocycles. The number of imidazole rings is 1. The van der Waals surface area contributed by atoms with Crippen LogP contribution in [-0.2, 0) is 4.74 Å². The number of thioether (sulfide) groups is 1. The number of halogens is 1. The summed E-state index contributed by atoms with van der Waals surface area (Å²) >= 11 is 6.54. The van der Waals surface area contributed by atoms with E-state index in [9.17, 15) is 15.0 Å². The van der Waals surface area contributed by atoms with Crippen LogP contribution in [0.3, 0.4) is 0 Å². The summed E-state index contributed by atoms with van der Waals surface area (Å²) in [6, 6.07) is 0. The molecule has 4 unspecified atom stereocenters. The second-order valence-electron chi connectivity index (χ2n) is 4.80. The first-order valence-electron chi connectivity index (χ1n) is 6.58. The molecule has 11 heteroatoms. The Hall–Kier alpha value is -1.43. The third-order valence-electron chi connectivity index (χ3n) is 3.43. The molecular weight excluding hydrogens is 348 g/mol. The number of rotatable bonds is 4. The van der Waals surface area contributed by atoms with Crippen molar-refractivity contribution in [2.75, 3.05) is 6.61 Å². The van der Waals surface area contributed by atoms with Crippen LogP contribution in [-0.4, -0.2) is 59.8 Å². The molecule has 0 bridgehead atoms.